The predicted molar refractivity (Wildman–Crippen MR) is 179 cm³/mol. The first-order valence-corrected chi connectivity index (χ1v) is 17.0. The highest BCUT2D eigenvalue weighted by atomic mass is 19.3. The molecule has 3 amide bonds. The third kappa shape index (κ3) is 9.26. The van der Waals surface area contributed by atoms with Gasteiger partial charge in [0.25, 0.3) is 0 Å². The van der Waals surface area contributed by atoms with Crippen molar-refractivity contribution >= 4 is 29.2 Å². The molecular formula is C37H46F3N5O4. The zero-order chi connectivity index (χ0) is 35.9. The predicted octanol–water partition coefficient (Wildman–Crippen LogP) is 5.60. The van der Waals surface area contributed by atoms with Crippen LogP contribution < -0.4 is 10.6 Å². The van der Waals surface area contributed by atoms with E-state index in [4.69, 9.17) is 5.26 Å². The Kier molecular flexibility index (Phi) is 12.6. The van der Waals surface area contributed by atoms with Gasteiger partial charge >= 0.3 is 5.92 Å². The van der Waals surface area contributed by atoms with Crippen molar-refractivity contribution in [2.75, 3.05) is 38.5 Å². The number of hydrogen-bond donors (Lipinski definition) is 2. The lowest BCUT2D eigenvalue weighted by molar-refractivity contribution is -0.147. The van der Waals surface area contributed by atoms with E-state index in [0.717, 1.165) is 25.0 Å². The number of Topliss-reactive ketones (excluding diaryl/α,β-unsaturated/α-hetero) is 1. The van der Waals surface area contributed by atoms with E-state index in [1.807, 2.05) is 7.05 Å². The van der Waals surface area contributed by atoms with E-state index in [-0.39, 0.29) is 35.4 Å². The van der Waals surface area contributed by atoms with Crippen molar-refractivity contribution in [3.63, 3.8) is 0 Å². The van der Waals surface area contributed by atoms with Crippen molar-refractivity contribution in [3.8, 4) is 6.07 Å². The number of likely N-dealkylation sites (N-methyl/N-ethyl adjacent to an activating group) is 1. The molecule has 0 bridgehead atoms. The number of carbonyl (C=O) groups excluding carboxylic acids is 4. The molecule has 2 fully saturated rings. The summed E-state index contributed by atoms with van der Waals surface area (Å²) in [6.45, 7) is 7.85. The summed E-state index contributed by atoms with van der Waals surface area (Å²) in [4.78, 5) is 56.6. The fourth-order valence-corrected chi connectivity index (χ4v) is 6.67. The normalized spacial score (nSPS) is 20.4. The Labute approximate surface area is 286 Å². The number of benzene rings is 2. The van der Waals surface area contributed by atoms with Crippen LogP contribution in [0.2, 0.25) is 0 Å². The molecule has 0 radical (unpaired) electrons. The Hall–Kier alpha value is -4.24. The quantitative estimate of drug-likeness (QED) is 0.301. The maximum absolute atomic E-state index is 15.6. The lowest BCUT2D eigenvalue weighted by Gasteiger charge is -2.36. The van der Waals surface area contributed by atoms with Crippen LogP contribution in [0.1, 0.15) is 81.9 Å². The van der Waals surface area contributed by atoms with E-state index < -0.39 is 53.3 Å². The van der Waals surface area contributed by atoms with Gasteiger partial charge in [0.15, 0.2) is 0 Å². The van der Waals surface area contributed by atoms with Crippen molar-refractivity contribution in [2.24, 2.45) is 17.8 Å². The first kappa shape index (κ1) is 37.6. The first-order chi connectivity index (χ1) is 23.2. The number of hydrogen-bond acceptors (Lipinski definition) is 6. The standard InChI is InChI=1S/C37H46F3N5O4/c1-5-33(47)43-34(36(49)45-17-15-44(4)16-18-45)24(3)27-13-14-31(30(38)20-27)42-35(48)29(26-11-9-23(2)10-12-26)21-32(46)37(39,40)28-8-6-7-25(19-28)22-41/h6-8,13-14,19-20,23-24,26,29,34H,5,9-12,15-18,21H2,1-4H3,(H,42,48)(H,43,47)/t23?,24-,26?,29-,34+/m0/s1. The van der Waals surface area contributed by atoms with Gasteiger partial charge in [-0.05, 0) is 61.6 Å². The molecule has 0 unspecified atom stereocenters. The highest BCUT2D eigenvalue weighted by molar-refractivity contribution is 5.97. The minimum atomic E-state index is -3.93. The summed E-state index contributed by atoms with van der Waals surface area (Å²) < 4.78 is 46.4. The van der Waals surface area contributed by atoms with Crippen LogP contribution in [0.25, 0.3) is 0 Å². The zero-order valence-electron chi connectivity index (χ0n) is 28.6. The molecule has 9 nitrogen and oxygen atoms in total. The number of nitriles is 1. The highest BCUT2D eigenvalue weighted by Crippen LogP contribution is 2.39. The average Bonchev–Trinajstić information content (AvgIpc) is 3.10. The van der Waals surface area contributed by atoms with Crippen LogP contribution in [-0.2, 0) is 25.1 Å². The van der Waals surface area contributed by atoms with Crippen molar-refractivity contribution in [3.05, 3.63) is 65.0 Å². The Morgan fingerprint density at radius 1 is 1.02 bits per heavy atom. The van der Waals surface area contributed by atoms with Gasteiger partial charge in [-0.15, -0.1) is 0 Å². The molecule has 12 heteroatoms. The number of halogens is 3. The number of ketones is 1. The number of nitrogens with one attached hydrogen (secondary N) is 2. The molecule has 1 aliphatic carbocycles. The number of nitrogens with zero attached hydrogens (tertiary/aromatic N) is 3. The Bertz CT molecular complexity index is 1560. The van der Waals surface area contributed by atoms with Gasteiger partial charge in [-0.25, -0.2) is 4.39 Å². The summed E-state index contributed by atoms with van der Waals surface area (Å²) in [5.41, 5.74) is -0.401. The van der Waals surface area contributed by atoms with Crippen molar-refractivity contribution < 1.29 is 32.3 Å². The third-order valence-electron chi connectivity index (χ3n) is 10.1. The maximum atomic E-state index is 15.6. The molecule has 2 aromatic carbocycles. The van der Waals surface area contributed by atoms with Gasteiger partial charge in [0, 0.05) is 56.4 Å². The second-order valence-electron chi connectivity index (χ2n) is 13.6. The van der Waals surface area contributed by atoms with Crippen LogP contribution in [0.15, 0.2) is 42.5 Å². The van der Waals surface area contributed by atoms with E-state index in [9.17, 15) is 19.2 Å². The highest BCUT2D eigenvalue weighted by Gasteiger charge is 2.44. The molecule has 2 N–H and O–H groups in total. The van der Waals surface area contributed by atoms with Crippen LogP contribution >= 0.6 is 0 Å². The molecule has 3 atom stereocenters. The minimum Gasteiger partial charge on any atom is -0.344 e. The lowest BCUT2D eigenvalue weighted by atomic mass is 9.74. The number of rotatable bonds is 12. The van der Waals surface area contributed by atoms with Crippen LogP contribution in [0.5, 0.6) is 0 Å². The summed E-state index contributed by atoms with van der Waals surface area (Å²) in [7, 11) is 1.96. The Balaban J connectivity index is 1.54. The van der Waals surface area contributed by atoms with Crippen molar-refractivity contribution in [1.29, 1.82) is 5.26 Å². The molecule has 2 aromatic rings. The largest absolute Gasteiger partial charge is 0.344 e. The molecule has 1 aliphatic heterocycles. The Morgan fingerprint density at radius 2 is 1.69 bits per heavy atom. The second kappa shape index (κ2) is 16.4. The number of carbonyl (C=O) groups is 4. The number of anilines is 1. The molecule has 0 spiro atoms. The van der Waals surface area contributed by atoms with Crippen LogP contribution in [0, 0.1) is 34.9 Å². The van der Waals surface area contributed by atoms with E-state index in [0.29, 0.717) is 50.5 Å². The fourth-order valence-electron chi connectivity index (χ4n) is 6.67. The summed E-state index contributed by atoms with van der Waals surface area (Å²) >= 11 is 0. The minimum absolute atomic E-state index is 0.0171. The molecule has 2 aliphatic rings. The van der Waals surface area contributed by atoms with Gasteiger partial charge in [-0.1, -0.05) is 51.8 Å². The average molecular weight is 682 g/mol. The van der Waals surface area contributed by atoms with Gasteiger partial charge in [0.1, 0.15) is 11.9 Å². The second-order valence-corrected chi connectivity index (χ2v) is 13.6. The molecule has 1 saturated heterocycles. The summed E-state index contributed by atoms with van der Waals surface area (Å²) in [5, 5.41) is 14.5. The number of piperazine rings is 1. The Morgan fingerprint density at radius 3 is 2.31 bits per heavy atom. The molecule has 4 rings (SSSR count). The smallest absolute Gasteiger partial charge is 0.330 e. The van der Waals surface area contributed by atoms with E-state index in [1.165, 1.54) is 24.3 Å². The van der Waals surface area contributed by atoms with E-state index in [2.05, 4.69) is 22.5 Å². The summed E-state index contributed by atoms with van der Waals surface area (Å²) in [6, 6.07) is 9.63. The summed E-state index contributed by atoms with van der Waals surface area (Å²) in [5.74, 6) is -9.18. The van der Waals surface area contributed by atoms with Crippen LogP contribution in [-0.4, -0.2) is 72.6 Å². The van der Waals surface area contributed by atoms with E-state index >= 15 is 13.2 Å². The lowest BCUT2D eigenvalue weighted by Crippen LogP contribution is -2.55. The van der Waals surface area contributed by atoms with Crippen LogP contribution in [0.3, 0.4) is 0 Å². The molecule has 1 heterocycles. The van der Waals surface area contributed by atoms with Crippen LogP contribution in [0.4, 0.5) is 18.9 Å². The molecular weight excluding hydrogens is 635 g/mol. The number of alkyl halides is 2. The van der Waals surface area contributed by atoms with Crippen molar-refractivity contribution in [2.45, 2.75) is 77.2 Å². The molecule has 0 aromatic heterocycles. The maximum Gasteiger partial charge on any atom is 0.330 e. The third-order valence-corrected chi connectivity index (χ3v) is 10.1. The van der Waals surface area contributed by atoms with Gasteiger partial charge < -0.3 is 20.4 Å². The summed E-state index contributed by atoms with van der Waals surface area (Å²) in [6.07, 6.45) is 2.08. The molecule has 264 valence electrons. The molecule has 49 heavy (non-hydrogen) atoms. The van der Waals surface area contributed by atoms with Gasteiger partial charge in [0.2, 0.25) is 23.5 Å². The monoisotopic (exact) mass is 681 g/mol. The molecule has 1 saturated carbocycles. The van der Waals surface area contributed by atoms with Crippen molar-refractivity contribution in [1.82, 2.24) is 15.1 Å². The SMILES string of the molecule is CCC(=O)N[C@@H](C(=O)N1CCN(C)CC1)[C@@H](C)c1ccc(NC(=O)[C@@H](CC(=O)C(F)(F)c2cccc(C#N)c2)C2CCC(C)CC2)c(F)c1. The van der Waals surface area contributed by atoms with Gasteiger partial charge in [-0.3, -0.25) is 19.2 Å². The topological polar surface area (TPSA) is 123 Å². The number of amides is 3. The fraction of sp³-hybridized carbons (Fsp3) is 0.541. The van der Waals surface area contributed by atoms with Gasteiger partial charge in [-0.2, -0.15) is 14.0 Å². The first-order valence-electron chi connectivity index (χ1n) is 17.0. The zero-order valence-corrected chi connectivity index (χ0v) is 28.6. The van der Waals surface area contributed by atoms with Gasteiger partial charge in [0.05, 0.1) is 17.3 Å². The van der Waals surface area contributed by atoms with E-state index in [1.54, 1.807) is 30.9 Å².